The number of nitrogens with zero attached hydrogens (tertiary/aromatic N) is 2. The van der Waals surface area contributed by atoms with Crippen LogP contribution in [0.4, 0.5) is 5.82 Å². The molecule has 27 heavy (non-hydrogen) atoms. The van der Waals surface area contributed by atoms with Gasteiger partial charge >= 0.3 is 7.60 Å². The molecule has 1 aromatic carbocycles. The minimum absolute atomic E-state index is 0.217. The minimum atomic E-state index is -3.43. The van der Waals surface area contributed by atoms with E-state index in [1.807, 2.05) is 0 Å². The molecule has 0 saturated carbocycles. The van der Waals surface area contributed by atoms with Crippen molar-refractivity contribution in [3.63, 3.8) is 0 Å². The van der Waals surface area contributed by atoms with Crippen LogP contribution in [0.2, 0.25) is 0 Å². The molecule has 0 spiro atoms. The van der Waals surface area contributed by atoms with Crippen molar-refractivity contribution in [2.24, 2.45) is 0 Å². The van der Waals surface area contributed by atoms with Gasteiger partial charge in [-0.2, -0.15) is 5.10 Å². The Morgan fingerprint density at radius 1 is 1.15 bits per heavy atom. The number of amides is 1. The molecule has 0 unspecified atom stereocenters. The number of anilines is 1. The van der Waals surface area contributed by atoms with E-state index in [1.165, 1.54) is 5.56 Å². The van der Waals surface area contributed by atoms with E-state index < -0.39 is 13.5 Å². The second-order valence-electron chi connectivity index (χ2n) is 6.42. The number of benzene rings is 1. The van der Waals surface area contributed by atoms with Crippen LogP contribution in [0.3, 0.4) is 0 Å². The van der Waals surface area contributed by atoms with E-state index in [0.29, 0.717) is 18.3 Å². The van der Waals surface area contributed by atoms with Gasteiger partial charge in [-0.1, -0.05) is 38.1 Å². The molecule has 2 aromatic rings. The summed E-state index contributed by atoms with van der Waals surface area (Å²) in [4.78, 5) is 12.3. The van der Waals surface area contributed by atoms with Crippen LogP contribution in [0.25, 0.3) is 0 Å². The van der Waals surface area contributed by atoms with E-state index in [-0.39, 0.29) is 19.4 Å². The highest BCUT2D eigenvalue weighted by atomic mass is 31.2. The van der Waals surface area contributed by atoms with Crippen molar-refractivity contribution < 1.29 is 18.4 Å². The molecule has 148 valence electrons. The molecule has 8 heteroatoms. The first-order valence-corrected chi connectivity index (χ1v) is 10.9. The van der Waals surface area contributed by atoms with Gasteiger partial charge in [-0.3, -0.25) is 9.36 Å². The maximum atomic E-state index is 12.5. The third-order valence-corrected chi connectivity index (χ3v) is 5.93. The summed E-state index contributed by atoms with van der Waals surface area (Å²) in [7, 11) is -3.43. The van der Waals surface area contributed by atoms with Crippen molar-refractivity contribution in [1.29, 1.82) is 0 Å². The number of carbonyl (C=O) groups is 1. The number of rotatable bonds is 10. The number of carbonyl (C=O) groups excluding carboxylic acids is 1. The van der Waals surface area contributed by atoms with Gasteiger partial charge in [0.15, 0.2) is 0 Å². The molecular formula is C19H28N3O4P. The molecule has 0 saturated heterocycles. The predicted molar refractivity (Wildman–Crippen MR) is 106 cm³/mol. The topological polar surface area (TPSA) is 82.5 Å². The number of aromatic nitrogens is 2. The van der Waals surface area contributed by atoms with E-state index in [1.54, 1.807) is 30.8 Å². The van der Waals surface area contributed by atoms with Gasteiger partial charge in [0.05, 0.1) is 26.0 Å². The van der Waals surface area contributed by atoms with E-state index in [0.717, 1.165) is 5.56 Å². The fourth-order valence-corrected chi connectivity index (χ4v) is 4.10. The SMILES string of the molecule is CCOP(=O)(CC(=O)Nc1ccnn1Cc1ccc(C(C)C)cc1)OCC. The van der Waals surface area contributed by atoms with Crippen molar-refractivity contribution in [1.82, 2.24) is 9.78 Å². The second kappa shape index (κ2) is 9.83. The smallest absolute Gasteiger partial charge is 0.310 e. The first-order chi connectivity index (χ1) is 12.9. The van der Waals surface area contributed by atoms with Crippen LogP contribution in [0.15, 0.2) is 36.5 Å². The quantitative estimate of drug-likeness (QED) is 0.610. The first-order valence-electron chi connectivity index (χ1n) is 9.15. The van der Waals surface area contributed by atoms with Gasteiger partial charge in [-0.25, -0.2) is 4.68 Å². The summed E-state index contributed by atoms with van der Waals surface area (Å²) in [6.45, 7) is 8.68. The van der Waals surface area contributed by atoms with Gasteiger partial charge < -0.3 is 14.4 Å². The standard InChI is InChI=1S/C19H28N3O4P/c1-5-25-27(24,26-6-2)14-19(23)21-18-11-12-20-22(18)13-16-7-9-17(10-8-16)15(3)4/h7-12,15H,5-6,13-14H2,1-4H3,(H,21,23). The summed E-state index contributed by atoms with van der Waals surface area (Å²) in [6, 6.07) is 10.0. The maximum absolute atomic E-state index is 12.5. The summed E-state index contributed by atoms with van der Waals surface area (Å²) >= 11 is 0. The first kappa shape index (κ1) is 21.4. The van der Waals surface area contributed by atoms with Gasteiger partial charge in [0.1, 0.15) is 12.0 Å². The highest BCUT2D eigenvalue weighted by Gasteiger charge is 2.28. The Hall–Kier alpha value is -1.95. The van der Waals surface area contributed by atoms with Crippen LogP contribution in [0, 0.1) is 0 Å². The molecule has 2 rings (SSSR count). The largest absolute Gasteiger partial charge is 0.340 e. The third-order valence-electron chi connectivity index (χ3n) is 3.95. The summed E-state index contributed by atoms with van der Waals surface area (Å²) in [5, 5.41) is 7.00. The van der Waals surface area contributed by atoms with Crippen LogP contribution in [0.1, 0.15) is 44.7 Å². The van der Waals surface area contributed by atoms with Crippen molar-refractivity contribution in [2.45, 2.75) is 40.2 Å². The molecule has 7 nitrogen and oxygen atoms in total. The Kier molecular flexibility index (Phi) is 7.78. The Balaban J connectivity index is 2.03. The number of hydrogen-bond donors (Lipinski definition) is 1. The monoisotopic (exact) mass is 393 g/mol. The lowest BCUT2D eigenvalue weighted by atomic mass is 10.0. The molecule has 0 bridgehead atoms. The third kappa shape index (κ3) is 6.31. The molecule has 1 amide bonds. The zero-order valence-corrected chi connectivity index (χ0v) is 17.2. The Labute approximate surface area is 160 Å². The molecule has 0 atom stereocenters. The van der Waals surface area contributed by atoms with Gasteiger partial charge in [0.25, 0.3) is 0 Å². The van der Waals surface area contributed by atoms with Gasteiger partial charge in [-0.15, -0.1) is 0 Å². The average molecular weight is 393 g/mol. The minimum Gasteiger partial charge on any atom is -0.310 e. The molecule has 1 N–H and O–H groups in total. The Morgan fingerprint density at radius 2 is 1.78 bits per heavy atom. The van der Waals surface area contributed by atoms with Crippen LogP contribution in [-0.4, -0.2) is 35.1 Å². The average Bonchev–Trinajstić information content (AvgIpc) is 3.02. The Bertz CT molecular complexity index is 777. The van der Waals surface area contributed by atoms with Gasteiger partial charge in [0, 0.05) is 6.07 Å². The van der Waals surface area contributed by atoms with Crippen LogP contribution >= 0.6 is 7.60 Å². The molecule has 1 aromatic heterocycles. The highest BCUT2D eigenvalue weighted by Crippen LogP contribution is 2.47. The normalized spacial score (nSPS) is 11.7. The molecule has 0 aliphatic carbocycles. The molecular weight excluding hydrogens is 365 g/mol. The Morgan fingerprint density at radius 3 is 2.33 bits per heavy atom. The molecule has 0 radical (unpaired) electrons. The molecule has 0 aliphatic heterocycles. The van der Waals surface area contributed by atoms with E-state index >= 15 is 0 Å². The van der Waals surface area contributed by atoms with Gasteiger partial charge in [-0.05, 0) is 30.9 Å². The van der Waals surface area contributed by atoms with Crippen molar-refractivity contribution >= 4 is 19.3 Å². The predicted octanol–water partition coefficient (Wildman–Crippen LogP) is 4.26. The van der Waals surface area contributed by atoms with Crippen LogP contribution in [-0.2, 0) is 25.0 Å². The molecule has 0 aliphatic rings. The van der Waals surface area contributed by atoms with Crippen LogP contribution in [0.5, 0.6) is 0 Å². The van der Waals surface area contributed by atoms with Crippen molar-refractivity contribution in [3.05, 3.63) is 47.7 Å². The zero-order chi connectivity index (χ0) is 19.9. The van der Waals surface area contributed by atoms with Gasteiger partial charge in [0.2, 0.25) is 5.91 Å². The fourth-order valence-electron chi connectivity index (χ4n) is 2.63. The van der Waals surface area contributed by atoms with Crippen molar-refractivity contribution in [3.8, 4) is 0 Å². The summed E-state index contributed by atoms with van der Waals surface area (Å²) in [6.07, 6.45) is 1.28. The van der Waals surface area contributed by atoms with Crippen molar-refractivity contribution in [2.75, 3.05) is 24.7 Å². The summed E-state index contributed by atoms with van der Waals surface area (Å²) in [5.41, 5.74) is 2.35. The maximum Gasteiger partial charge on any atom is 0.340 e. The van der Waals surface area contributed by atoms with E-state index in [2.05, 4.69) is 48.5 Å². The van der Waals surface area contributed by atoms with Crippen LogP contribution < -0.4 is 5.32 Å². The van der Waals surface area contributed by atoms with E-state index in [4.69, 9.17) is 9.05 Å². The number of nitrogens with one attached hydrogen (secondary N) is 1. The highest BCUT2D eigenvalue weighted by molar-refractivity contribution is 7.54. The summed E-state index contributed by atoms with van der Waals surface area (Å²) in [5.74, 6) is 0.578. The fraction of sp³-hybridized carbons (Fsp3) is 0.474. The summed E-state index contributed by atoms with van der Waals surface area (Å²) < 4.78 is 24.5. The lowest BCUT2D eigenvalue weighted by Crippen LogP contribution is -2.20. The number of hydrogen-bond acceptors (Lipinski definition) is 5. The lowest BCUT2D eigenvalue weighted by Gasteiger charge is -2.16. The molecule has 0 fully saturated rings. The molecule has 1 heterocycles. The second-order valence-corrected chi connectivity index (χ2v) is 8.48. The zero-order valence-electron chi connectivity index (χ0n) is 16.3. The lowest BCUT2D eigenvalue weighted by molar-refractivity contribution is -0.114. The van der Waals surface area contributed by atoms with E-state index in [9.17, 15) is 9.36 Å².